The van der Waals surface area contributed by atoms with Crippen molar-refractivity contribution in [2.24, 2.45) is 4.40 Å². The van der Waals surface area contributed by atoms with E-state index in [0.29, 0.717) is 17.8 Å². The van der Waals surface area contributed by atoms with E-state index in [1.54, 1.807) is 13.8 Å². The Morgan fingerprint density at radius 2 is 1.66 bits per heavy atom. The zero-order valence-electron chi connectivity index (χ0n) is 16.8. The number of nitrogens with one attached hydrogen (secondary N) is 2. The van der Waals surface area contributed by atoms with Gasteiger partial charge < -0.3 is 5.32 Å². The van der Waals surface area contributed by atoms with Gasteiger partial charge in [-0.15, -0.1) is 4.40 Å². The third kappa shape index (κ3) is 5.32. The zero-order chi connectivity index (χ0) is 21.0. The molecule has 0 unspecified atom stereocenters. The number of rotatable bonds is 6. The lowest BCUT2D eigenvalue weighted by molar-refractivity contribution is -0.121. The molecule has 6 nitrogen and oxygen atoms in total. The average Bonchev–Trinajstić information content (AvgIpc) is 2.67. The topological polar surface area (TPSA) is 87.6 Å². The first kappa shape index (κ1) is 20.8. The van der Waals surface area contributed by atoms with Crippen LogP contribution >= 0.6 is 0 Å². The minimum atomic E-state index is -3.65. The Morgan fingerprint density at radius 1 is 1.03 bits per heavy atom. The molecular weight excluding hydrogens is 386 g/mol. The normalized spacial score (nSPS) is 16.6. The monoisotopic (exact) mass is 411 g/mol. The Bertz CT molecular complexity index is 1060. The summed E-state index contributed by atoms with van der Waals surface area (Å²) in [5.74, 6) is -0.0915. The number of carbonyl (C=O) groups is 1. The summed E-state index contributed by atoms with van der Waals surface area (Å²) in [5, 5.41) is 3.00. The molecule has 0 aliphatic carbocycles. The van der Waals surface area contributed by atoms with Gasteiger partial charge in [-0.05, 0) is 49.5 Å². The van der Waals surface area contributed by atoms with E-state index in [2.05, 4.69) is 38.7 Å². The Morgan fingerprint density at radius 3 is 2.28 bits per heavy atom. The summed E-state index contributed by atoms with van der Waals surface area (Å²) in [5.41, 5.74) is 5.02. The maximum Gasteiger partial charge on any atom is 0.342 e. The molecule has 0 radical (unpaired) electrons. The largest absolute Gasteiger partial charge is 0.350 e. The highest BCUT2D eigenvalue weighted by Gasteiger charge is 2.21. The average molecular weight is 412 g/mol. The number of carbonyl (C=O) groups excluding carboxylic acids is 1. The zero-order valence-corrected chi connectivity index (χ0v) is 17.6. The molecule has 2 N–H and O–H groups in total. The Balaban J connectivity index is 1.58. The van der Waals surface area contributed by atoms with Crippen molar-refractivity contribution in [1.29, 1.82) is 0 Å². The summed E-state index contributed by atoms with van der Waals surface area (Å²) in [6.07, 6.45) is 0.683. The van der Waals surface area contributed by atoms with Crippen LogP contribution in [0.3, 0.4) is 0 Å². The summed E-state index contributed by atoms with van der Waals surface area (Å²) in [4.78, 5) is 12.4. The molecule has 1 aliphatic rings. The molecule has 1 atom stereocenters. The smallest absolute Gasteiger partial charge is 0.342 e. The summed E-state index contributed by atoms with van der Waals surface area (Å²) in [6.45, 7) is 5.27. The van der Waals surface area contributed by atoms with Crippen LogP contribution in [0.2, 0.25) is 0 Å². The lowest BCUT2D eigenvalue weighted by Gasteiger charge is -2.19. The molecule has 0 aromatic heterocycles. The predicted molar refractivity (Wildman–Crippen MR) is 116 cm³/mol. The molecule has 0 saturated carbocycles. The van der Waals surface area contributed by atoms with Gasteiger partial charge in [0.2, 0.25) is 5.91 Å². The van der Waals surface area contributed by atoms with Crippen molar-refractivity contribution in [3.8, 4) is 11.1 Å². The molecule has 0 saturated heterocycles. The third-order valence-corrected chi connectivity index (χ3v) is 6.00. The van der Waals surface area contributed by atoms with Crippen molar-refractivity contribution in [3.05, 3.63) is 71.4 Å². The first-order chi connectivity index (χ1) is 13.7. The van der Waals surface area contributed by atoms with E-state index >= 15 is 0 Å². The predicted octanol–water partition coefficient (Wildman–Crippen LogP) is 3.89. The van der Waals surface area contributed by atoms with E-state index in [1.807, 2.05) is 37.3 Å². The van der Waals surface area contributed by atoms with Gasteiger partial charge in [0.15, 0.2) is 0 Å². The van der Waals surface area contributed by atoms with E-state index in [0.717, 1.165) is 22.3 Å². The van der Waals surface area contributed by atoms with Crippen LogP contribution in [0.1, 0.15) is 45.2 Å². The molecule has 3 rings (SSSR count). The fourth-order valence-electron chi connectivity index (χ4n) is 3.38. The van der Waals surface area contributed by atoms with Crippen LogP contribution in [0.5, 0.6) is 0 Å². The van der Waals surface area contributed by atoms with E-state index in [9.17, 15) is 13.2 Å². The Kier molecular flexibility index (Phi) is 6.17. The molecule has 0 spiro atoms. The molecule has 2 aromatic rings. The van der Waals surface area contributed by atoms with Gasteiger partial charge >= 0.3 is 10.2 Å². The number of nitrogens with zero attached hydrogens (tertiary/aromatic N) is 1. The standard InChI is InChI=1S/C22H25N3O3S/c1-15(18-9-11-20(12-10-18)19-7-5-4-6-8-19)23-22(26)14-13-21-16(2)24-29(27,28)25-17(21)3/h4-12,15,24H,13-14H2,1-3H3,(H,23,26)/t15-/m0/s1. The fourth-order valence-corrected chi connectivity index (χ4v) is 4.41. The van der Waals surface area contributed by atoms with Crippen LogP contribution < -0.4 is 10.0 Å². The Labute approximate surface area is 171 Å². The lowest BCUT2D eigenvalue weighted by Crippen LogP contribution is -2.29. The minimum absolute atomic E-state index is 0.0915. The van der Waals surface area contributed by atoms with Gasteiger partial charge in [0.1, 0.15) is 0 Å². The second-order valence-electron chi connectivity index (χ2n) is 7.13. The number of allylic oxidation sites excluding steroid dienone is 2. The fraction of sp³-hybridized carbons (Fsp3) is 0.273. The van der Waals surface area contributed by atoms with Crippen molar-refractivity contribution in [2.45, 2.75) is 39.7 Å². The highest BCUT2D eigenvalue weighted by Crippen LogP contribution is 2.22. The SMILES string of the molecule is CC1=NS(=O)(=O)NC(C)=C1CCC(=O)N[C@@H](C)c1ccc(-c2ccccc2)cc1. The first-order valence-electron chi connectivity index (χ1n) is 9.49. The summed E-state index contributed by atoms with van der Waals surface area (Å²) in [6, 6.07) is 18.1. The van der Waals surface area contributed by atoms with Crippen LogP contribution in [0.15, 0.2) is 70.3 Å². The summed E-state index contributed by atoms with van der Waals surface area (Å²) in [7, 11) is -3.65. The van der Waals surface area contributed by atoms with Gasteiger partial charge in [-0.3, -0.25) is 9.52 Å². The van der Waals surface area contributed by atoms with E-state index in [-0.39, 0.29) is 18.4 Å². The molecule has 29 heavy (non-hydrogen) atoms. The second kappa shape index (κ2) is 8.61. The number of benzene rings is 2. The maximum atomic E-state index is 12.4. The Hall–Kier alpha value is -2.93. The molecule has 7 heteroatoms. The van der Waals surface area contributed by atoms with Crippen LogP contribution in [0.4, 0.5) is 0 Å². The lowest BCUT2D eigenvalue weighted by atomic mass is 10.0. The van der Waals surface area contributed by atoms with Crippen LogP contribution in [0, 0.1) is 0 Å². The van der Waals surface area contributed by atoms with Crippen LogP contribution in [-0.2, 0) is 15.0 Å². The molecule has 0 fully saturated rings. The van der Waals surface area contributed by atoms with Crippen molar-refractivity contribution in [2.75, 3.05) is 0 Å². The van der Waals surface area contributed by atoms with E-state index in [4.69, 9.17) is 0 Å². The summed E-state index contributed by atoms with van der Waals surface area (Å²) < 4.78 is 29.2. The third-order valence-electron chi connectivity index (χ3n) is 4.93. The van der Waals surface area contributed by atoms with E-state index < -0.39 is 10.2 Å². The molecule has 1 heterocycles. The van der Waals surface area contributed by atoms with Gasteiger partial charge in [0, 0.05) is 12.1 Å². The van der Waals surface area contributed by atoms with Gasteiger partial charge in [-0.25, -0.2) is 0 Å². The van der Waals surface area contributed by atoms with Crippen LogP contribution in [-0.4, -0.2) is 20.0 Å². The molecule has 1 amide bonds. The van der Waals surface area contributed by atoms with Crippen molar-refractivity contribution in [1.82, 2.24) is 10.0 Å². The van der Waals surface area contributed by atoms with Gasteiger partial charge in [0.05, 0.1) is 11.8 Å². The van der Waals surface area contributed by atoms with Crippen molar-refractivity contribution in [3.63, 3.8) is 0 Å². The quantitative estimate of drug-likeness (QED) is 0.756. The molecule has 1 aliphatic heterocycles. The number of amides is 1. The maximum absolute atomic E-state index is 12.4. The number of hydrogen-bond acceptors (Lipinski definition) is 3. The first-order valence-corrected chi connectivity index (χ1v) is 10.9. The highest BCUT2D eigenvalue weighted by molar-refractivity contribution is 7.88. The molecule has 2 aromatic carbocycles. The minimum Gasteiger partial charge on any atom is -0.350 e. The van der Waals surface area contributed by atoms with Gasteiger partial charge in [-0.2, -0.15) is 8.42 Å². The molecular formula is C22H25N3O3S. The van der Waals surface area contributed by atoms with E-state index in [1.165, 1.54) is 0 Å². The molecule has 152 valence electrons. The summed E-state index contributed by atoms with van der Waals surface area (Å²) >= 11 is 0. The second-order valence-corrected chi connectivity index (χ2v) is 8.47. The van der Waals surface area contributed by atoms with Gasteiger partial charge in [-0.1, -0.05) is 54.6 Å². The van der Waals surface area contributed by atoms with Gasteiger partial charge in [0.25, 0.3) is 0 Å². The number of hydrogen-bond donors (Lipinski definition) is 2. The highest BCUT2D eigenvalue weighted by atomic mass is 32.2. The molecule has 0 bridgehead atoms. The van der Waals surface area contributed by atoms with Crippen molar-refractivity contribution < 1.29 is 13.2 Å². The van der Waals surface area contributed by atoms with Crippen molar-refractivity contribution >= 4 is 21.8 Å². The van der Waals surface area contributed by atoms with Crippen LogP contribution in [0.25, 0.3) is 11.1 Å².